The molecule has 0 bridgehead atoms. The van der Waals surface area contributed by atoms with Crippen LogP contribution < -0.4 is 10.2 Å². The van der Waals surface area contributed by atoms with E-state index in [0.29, 0.717) is 12.5 Å². The molecule has 1 aromatic heterocycles. The molecule has 1 saturated heterocycles. The number of aromatic nitrogens is 2. The van der Waals surface area contributed by atoms with Gasteiger partial charge in [-0.2, -0.15) is 13.2 Å². The third-order valence-corrected chi connectivity index (χ3v) is 3.46. The Morgan fingerprint density at radius 2 is 2.09 bits per heavy atom. The number of halogens is 3. The molecule has 1 aromatic rings. The van der Waals surface area contributed by atoms with E-state index < -0.39 is 24.5 Å². The van der Waals surface area contributed by atoms with Crippen molar-refractivity contribution in [3.05, 3.63) is 18.5 Å². The molecule has 9 heteroatoms. The zero-order chi connectivity index (χ0) is 16.2. The minimum Gasteiger partial charge on any atom is -0.384 e. The first kappa shape index (κ1) is 16.5. The summed E-state index contributed by atoms with van der Waals surface area (Å²) >= 11 is 0. The van der Waals surface area contributed by atoms with Gasteiger partial charge < -0.3 is 15.0 Å². The van der Waals surface area contributed by atoms with Crippen LogP contribution in [0.3, 0.4) is 0 Å². The molecule has 1 N–H and O–H groups in total. The number of carbonyl (C=O) groups excluding carboxylic acids is 1. The van der Waals surface area contributed by atoms with E-state index in [1.54, 1.807) is 23.4 Å². The van der Waals surface area contributed by atoms with Gasteiger partial charge in [-0.25, -0.2) is 9.97 Å². The van der Waals surface area contributed by atoms with Gasteiger partial charge in [-0.3, -0.25) is 4.79 Å². The highest BCUT2D eigenvalue weighted by molar-refractivity contribution is 5.80. The van der Waals surface area contributed by atoms with Crippen LogP contribution in [0.2, 0.25) is 0 Å². The van der Waals surface area contributed by atoms with Crippen molar-refractivity contribution >= 4 is 11.9 Å². The van der Waals surface area contributed by atoms with Crippen molar-refractivity contribution in [3.63, 3.8) is 0 Å². The molecule has 1 amide bonds. The average Bonchev–Trinajstić information content (AvgIpc) is 2.89. The van der Waals surface area contributed by atoms with Gasteiger partial charge in [-0.1, -0.05) is 0 Å². The Morgan fingerprint density at radius 3 is 2.68 bits per heavy atom. The Labute approximate surface area is 125 Å². The minimum atomic E-state index is -4.42. The van der Waals surface area contributed by atoms with Crippen molar-refractivity contribution in [1.29, 1.82) is 0 Å². The van der Waals surface area contributed by atoms with Gasteiger partial charge in [0.05, 0.1) is 12.5 Å². The van der Waals surface area contributed by atoms with E-state index in [9.17, 15) is 18.0 Å². The summed E-state index contributed by atoms with van der Waals surface area (Å²) in [4.78, 5) is 22.0. The lowest BCUT2D eigenvalue weighted by Crippen LogP contribution is -2.41. The van der Waals surface area contributed by atoms with E-state index in [0.717, 1.165) is 0 Å². The number of hydrogen-bond acceptors (Lipinski definition) is 5. The van der Waals surface area contributed by atoms with Gasteiger partial charge in [0.1, 0.15) is 6.54 Å². The Kier molecular flexibility index (Phi) is 5.17. The van der Waals surface area contributed by atoms with Crippen LogP contribution in [0, 0.1) is 11.8 Å². The maximum Gasteiger partial charge on any atom is 0.405 e. The van der Waals surface area contributed by atoms with E-state index in [1.807, 2.05) is 5.32 Å². The van der Waals surface area contributed by atoms with Crippen LogP contribution in [0.4, 0.5) is 19.1 Å². The van der Waals surface area contributed by atoms with Crippen molar-refractivity contribution in [3.8, 4) is 0 Å². The number of alkyl halides is 3. The highest BCUT2D eigenvalue weighted by atomic mass is 19.4. The molecule has 0 aromatic carbocycles. The number of hydrogen-bond donors (Lipinski definition) is 1. The third-order valence-electron chi connectivity index (χ3n) is 3.46. The predicted molar refractivity (Wildman–Crippen MR) is 72.2 cm³/mol. The van der Waals surface area contributed by atoms with Gasteiger partial charge >= 0.3 is 6.18 Å². The van der Waals surface area contributed by atoms with E-state index in [2.05, 4.69) is 9.97 Å². The van der Waals surface area contributed by atoms with E-state index in [-0.39, 0.29) is 19.1 Å². The first-order valence-electron chi connectivity index (χ1n) is 6.76. The summed E-state index contributed by atoms with van der Waals surface area (Å²) < 4.78 is 41.7. The number of nitrogens with zero attached hydrogens (tertiary/aromatic N) is 3. The predicted octanol–water partition coefficient (Wildman–Crippen LogP) is 0.854. The zero-order valence-corrected chi connectivity index (χ0v) is 12.0. The monoisotopic (exact) mass is 318 g/mol. The number of amides is 1. The Bertz CT molecular complexity index is 498. The summed E-state index contributed by atoms with van der Waals surface area (Å²) in [6, 6.07) is 1.67. The molecule has 2 heterocycles. The van der Waals surface area contributed by atoms with Crippen molar-refractivity contribution in [2.75, 3.05) is 38.3 Å². The minimum absolute atomic E-state index is 0.206. The van der Waals surface area contributed by atoms with Crippen LogP contribution in [-0.4, -0.2) is 55.4 Å². The molecular weight excluding hydrogens is 301 g/mol. The molecule has 0 saturated carbocycles. The molecule has 0 radical (unpaired) electrons. The Balaban J connectivity index is 2.03. The van der Waals surface area contributed by atoms with Crippen LogP contribution >= 0.6 is 0 Å². The van der Waals surface area contributed by atoms with Crippen LogP contribution in [-0.2, 0) is 9.53 Å². The highest BCUT2D eigenvalue weighted by Crippen LogP contribution is 2.27. The molecule has 2 rings (SSSR count). The fourth-order valence-corrected chi connectivity index (χ4v) is 2.49. The van der Waals surface area contributed by atoms with Gasteiger partial charge in [0.15, 0.2) is 0 Å². The van der Waals surface area contributed by atoms with Crippen molar-refractivity contribution in [2.24, 2.45) is 11.8 Å². The maximum atomic E-state index is 12.2. The number of methoxy groups -OCH3 is 1. The summed E-state index contributed by atoms with van der Waals surface area (Å²) in [6.45, 7) is -0.318. The van der Waals surface area contributed by atoms with Gasteiger partial charge in [0.25, 0.3) is 0 Å². The molecule has 0 aliphatic carbocycles. The lowest BCUT2D eigenvalue weighted by Gasteiger charge is -2.17. The molecule has 6 nitrogen and oxygen atoms in total. The van der Waals surface area contributed by atoms with Crippen molar-refractivity contribution < 1.29 is 22.7 Å². The Hall–Kier alpha value is -1.90. The molecule has 22 heavy (non-hydrogen) atoms. The molecule has 122 valence electrons. The van der Waals surface area contributed by atoms with Crippen LogP contribution in [0.5, 0.6) is 0 Å². The fourth-order valence-electron chi connectivity index (χ4n) is 2.49. The topological polar surface area (TPSA) is 67.3 Å². The molecular formula is C13H17F3N4O2. The molecule has 0 unspecified atom stereocenters. The van der Waals surface area contributed by atoms with Gasteiger partial charge in [-0.15, -0.1) is 0 Å². The van der Waals surface area contributed by atoms with Crippen LogP contribution in [0.1, 0.15) is 0 Å². The normalized spacial score (nSPS) is 21.9. The molecule has 1 aliphatic rings. The summed E-state index contributed by atoms with van der Waals surface area (Å²) in [6.07, 6.45) is -1.28. The summed E-state index contributed by atoms with van der Waals surface area (Å²) in [5.41, 5.74) is 0. The summed E-state index contributed by atoms with van der Waals surface area (Å²) in [7, 11) is 1.49. The van der Waals surface area contributed by atoms with E-state index in [1.165, 1.54) is 7.11 Å². The van der Waals surface area contributed by atoms with Crippen LogP contribution in [0.15, 0.2) is 18.5 Å². The second-order valence-electron chi connectivity index (χ2n) is 5.11. The van der Waals surface area contributed by atoms with Crippen LogP contribution in [0.25, 0.3) is 0 Å². The first-order chi connectivity index (χ1) is 10.4. The third kappa shape index (κ3) is 4.30. The Morgan fingerprint density at radius 1 is 1.41 bits per heavy atom. The number of ether oxygens (including phenoxy) is 1. The molecule has 1 fully saturated rings. The second kappa shape index (κ2) is 6.91. The smallest absolute Gasteiger partial charge is 0.384 e. The quantitative estimate of drug-likeness (QED) is 0.872. The van der Waals surface area contributed by atoms with Crippen molar-refractivity contribution in [1.82, 2.24) is 15.3 Å². The standard InChI is InChI=1S/C13H17F3N4O2/c1-22-7-9-5-20(12-17-3-2-4-18-12)6-10(9)11(21)19-8-13(14,15)16/h2-4,9-10H,5-8H2,1H3,(H,19,21)/t9-,10+/m0/s1. The zero-order valence-electron chi connectivity index (χ0n) is 12.0. The fraction of sp³-hybridized carbons (Fsp3) is 0.615. The highest BCUT2D eigenvalue weighted by Gasteiger charge is 2.39. The molecule has 0 spiro atoms. The van der Waals surface area contributed by atoms with Gasteiger partial charge in [-0.05, 0) is 6.07 Å². The van der Waals surface area contributed by atoms with Gasteiger partial charge in [0.2, 0.25) is 11.9 Å². The average molecular weight is 318 g/mol. The maximum absolute atomic E-state index is 12.2. The summed E-state index contributed by atoms with van der Waals surface area (Å²) in [5.74, 6) is -0.972. The summed E-state index contributed by atoms with van der Waals surface area (Å²) in [5, 5.41) is 1.94. The number of rotatable bonds is 5. The lowest BCUT2D eigenvalue weighted by atomic mass is 9.96. The second-order valence-corrected chi connectivity index (χ2v) is 5.11. The SMILES string of the molecule is COC[C@@H]1CN(c2ncccn2)C[C@H]1C(=O)NCC(F)(F)F. The van der Waals surface area contributed by atoms with E-state index in [4.69, 9.17) is 4.74 Å². The van der Waals surface area contributed by atoms with Gasteiger partial charge in [0, 0.05) is 38.5 Å². The molecule has 1 aliphatic heterocycles. The molecule has 2 atom stereocenters. The first-order valence-corrected chi connectivity index (χ1v) is 6.76. The largest absolute Gasteiger partial charge is 0.405 e. The lowest BCUT2D eigenvalue weighted by molar-refractivity contribution is -0.141. The van der Waals surface area contributed by atoms with Crippen molar-refractivity contribution in [2.45, 2.75) is 6.18 Å². The van der Waals surface area contributed by atoms with E-state index >= 15 is 0 Å². The number of carbonyl (C=O) groups is 1. The number of nitrogens with one attached hydrogen (secondary N) is 1. The number of anilines is 1.